The number of fused-ring (bicyclic) bond motifs is 1. The Morgan fingerprint density at radius 1 is 1.23 bits per heavy atom. The number of aryl methyl sites for hydroxylation is 1. The number of anilines is 1. The first-order valence-corrected chi connectivity index (χ1v) is 8.42. The Labute approximate surface area is 150 Å². The third-order valence-corrected chi connectivity index (χ3v) is 4.38. The molecular formula is C20H18FN3O2. The van der Waals surface area contributed by atoms with Crippen LogP contribution >= 0.6 is 0 Å². The number of aromatic nitrogens is 2. The van der Waals surface area contributed by atoms with Crippen molar-refractivity contribution in [3.63, 3.8) is 0 Å². The van der Waals surface area contributed by atoms with Crippen molar-refractivity contribution in [1.29, 1.82) is 0 Å². The standard InChI is InChI=1S/C20H18FN3O2/c1-13-11-23(18-9-8-15(21)10-19(18)26-13)20(25)17-12-24(22-14(17)2)16-6-4-3-5-7-16/h3-10,12-13H,11H2,1-2H3. The van der Waals surface area contributed by atoms with Crippen molar-refractivity contribution in [3.8, 4) is 11.4 Å². The smallest absolute Gasteiger partial charge is 0.261 e. The third kappa shape index (κ3) is 2.83. The lowest BCUT2D eigenvalue weighted by Gasteiger charge is -2.33. The fraction of sp³-hybridized carbons (Fsp3) is 0.200. The second-order valence-electron chi connectivity index (χ2n) is 6.36. The summed E-state index contributed by atoms with van der Waals surface area (Å²) in [6, 6.07) is 13.8. The summed E-state index contributed by atoms with van der Waals surface area (Å²) >= 11 is 0. The van der Waals surface area contributed by atoms with Crippen LogP contribution in [0.3, 0.4) is 0 Å². The van der Waals surface area contributed by atoms with Crippen LogP contribution in [-0.2, 0) is 0 Å². The van der Waals surface area contributed by atoms with E-state index in [0.717, 1.165) is 5.69 Å². The highest BCUT2D eigenvalue weighted by Gasteiger charge is 2.30. The molecule has 1 aromatic heterocycles. The molecule has 132 valence electrons. The first-order chi connectivity index (χ1) is 12.5. The minimum absolute atomic E-state index is 0.173. The van der Waals surface area contributed by atoms with Crippen LogP contribution in [0.4, 0.5) is 10.1 Å². The Morgan fingerprint density at radius 3 is 2.77 bits per heavy atom. The van der Waals surface area contributed by atoms with Crippen LogP contribution in [0.25, 0.3) is 5.69 Å². The Hall–Kier alpha value is -3.15. The van der Waals surface area contributed by atoms with Crippen molar-refractivity contribution >= 4 is 11.6 Å². The Kier molecular flexibility index (Phi) is 3.95. The minimum Gasteiger partial charge on any atom is -0.487 e. The van der Waals surface area contributed by atoms with Crippen LogP contribution in [-0.4, -0.2) is 28.3 Å². The van der Waals surface area contributed by atoms with Crippen molar-refractivity contribution in [2.75, 3.05) is 11.4 Å². The summed E-state index contributed by atoms with van der Waals surface area (Å²) in [5.41, 5.74) is 2.61. The maximum atomic E-state index is 13.5. The van der Waals surface area contributed by atoms with Gasteiger partial charge in [-0.1, -0.05) is 18.2 Å². The maximum Gasteiger partial charge on any atom is 0.261 e. The molecule has 1 aliphatic rings. The number of benzene rings is 2. The van der Waals surface area contributed by atoms with Crippen LogP contribution < -0.4 is 9.64 Å². The van der Waals surface area contributed by atoms with Gasteiger partial charge >= 0.3 is 0 Å². The van der Waals surface area contributed by atoms with E-state index in [4.69, 9.17) is 4.74 Å². The summed E-state index contributed by atoms with van der Waals surface area (Å²) in [6.07, 6.45) is 1.51. The molecule has 1 amide bonds. The zero-order valence-corrected chi connectivity index (χ0v) is 14.5. The Balaban J connectivity index is 1.72. The molecule has 0 aliphatic carbocycles. The average molecular weight is 351 g/mol. The summed E-state index contributed by atoms with van der Waals surface area (Å²) < 4.78 is 20.9. The molecule has 0 N–H and O–H groups in total. The van der Waals surface area contributed by atoms with Gasteiger partial charge in [0.1, 0.15) is 17.7 Å². The van der Waals surface area contributed by atoms with E-state index in [1.54, 1.807) is 21.8 Å². The predicted octanol–water partition coefficient (Wildman–Crippen LogP) is 3.75. The zero-order chi connectivity index (χ0) is 18.3. The summed E-state index contributed by atoms with van der Waals surface area (Å²) in [6.45, 7) is 4.06. The first-order valence-electron chi connectivity index (χ1n) is 8.42. The highest BCUT2D eigenvalue weighted by atomic mass is 19.1. The van der Waals surface area contributed by atoms with Crippen LogP contribution in [0.15, 0.2) is 54.7 Å². The molecule has 3 aromatic rings. The molecule has 26 heavy (non-hydrogen) atoms. The number of nitrogens with zero attached hydrogens (tertiary/aromatic N) is 3. The van der Waals surface area contributed by atoms with Crippen LogP contribution in [0.5, 0.6) is 5.75 Å². The van der Waals surface area contributed by atoms with Crippen molar-refractivity contribution < 1.29 is 13.9 Å². The van der Waals surface area contributed by atoms with Crippen LogP contribution in [0.1, 0.15) is 23.0 Å². The molecular weight excluding hydrogens is 333 g/mol. The quantitative estimate of drug-likeness (QED) is 0.706. The van der Waals surface area contributed by atoms with Gasteiger partial charge in [-0.25, -0.2) is 9.07 Å². The lowest BCUT2D eigenvalue weighted by atomic mass is 10.1. The van der Waals surface area contributed by atoms with E-state index in [1.807, 2.05) is 44.2 Å². The molecule has 6 heteroatoms. The van der Waals surface area contributed by atoms with Crippen LogP contribution in [0.2, 0.25) is 0 Å². The van der Waals surface area contributed by atoms with Gasteiger partial charge in [-0.3, -0.25) is 4.79 Å². The van der Waals surface area contributed by atoms with Gasteiger partial charge < -0.3 is 9.64 Å². The molecule has 2 aromatic carbocycles. The molecule has 0 radical (unpaired) electrons. The van der Waals surface area contributed by atoms with Crippen molar-refractivity contribution in [2.45, 2.75) is 20.0 Å². The van der Waals surface area contributed by atoms with E-state index in [-0.39, 0.29) is 12.0 Å². The normalized spacial score (nSPS) is 16.1. The van der Waals surface area contributed by atoms with Crippen molar-refractivity contribution in [3.05, 3.63) is 71.8 Å². The monoisotopic (exact) mass is 351 g/mol. The number of carbonyl (C=O) groups excluding carboxylic acids is 1. The van der Waals surface area contributed by atoms with Gasteiger partial charge in [0.05, 0.1) is 29.2 Å². The van der Waals surface area contributed by atoms with E-state index < -0.39 is 5.82 Å². The second-order valence-corrected chi connectivity index (χ2v) is 6.36. The lowest BCUT2D eigenvalue weighted by Crippen LogP contribution is -2.42. The molecule has 0 saturated carbocycles. The fourth-order valence-electron chi connectivity index (χ4n) is 3.14. The molecule has 0 fully saturated rings. The number of rotatable bonds is 2. The third-order valence-electron chi connectivity index (χ3n) is 4.38. The predicted molar refractivity (Wildman–Crippen MR) is 96.5 cm³/mol. The van der Waals surface area contributed by atoms with Crippen LogP contribution in [0, 0.1) is 12.7 Å². The molecule has 0 bridgehead atoms. The highest BCUT2D eigenvalue weighted by Crippen LogP contribution is 2.35. The topological polar surface area (TPSA) is 47.4 Å². The first kappa shape index (κ1) is 16.3. The van der Waals surface area contributed by atoms with E-state index in [9.17, 15) is 9.18 Å². The zero-order valence-electron chi connectivity index (χ0n) is 14.5. The molecule has 4 rings (SSSR count). The van der Waals surface area contributed by atoms with Gasteiger partial charge in [0.25, 0.3) is 5.91 Å². The lowest BCUT2D eigenvalue weighted by molar-refractivity contribution is 0.0960. The van der Waals surface area contributed by atoms with E-state index in [1.165, 1.54) is 12.1 Å². The molecule has 0 spiro atoms. The largest absolute Gasteiger partial charge is 0.487 e. The molecule has 0 saturated heterocycles. The second kappa shape index (κ2) is 6.29. The summed E-state index contributed by atoms with van der Waals surface area (Å²) in [5, 5.41) is 4.46. The van der Waals surface area contributed by atoms with Crippen molar-refractivity contribution in [2.24, 2.45) is 0 Å². The number of hydrogen-bond acceptors (Lipinski definition) is 3. The number of ether oxygens (including phenoxy) is 1. The van der Waals surface area contributed by atoms with Gasteiger partial charge in [-0.2, -0.15) is 5.10 Å². The molecule has 1 aliphatic heterocycles. The average Bonchev–Trinajstić information content (AvgIpc) is 3.02. The number of carbonyl (C=O) groups is 1. The Bertz CT molecular complexity index is 968. The number of para-hydroxylation sites is 1. The highest BCUT2D eigenvalue weighted by molar-refractivity contribution is 6.07. The molecule has 1 atom stereocenters. The molecule has 1 unspecified atom stereocenters. The van der Waals surface area contributed by atoms with E-state index in [0.29, 0.717) is 29.2 Å². The summed E-state index contributed by atoms with van der Waals surface area (Å²) in [7, 11) is 0. The van der Waals surface area contributed by atoms with Gasteiger partial charge in [0.15, 0.2) is 0 Å². The number of halogens is 1. The molecule has 5 nitrogen and oxygen atoms in total. The summed E-state index contributed by atoms with van der Waals surface area (Å²) in [5.74, 6) is -0.184. The van der Waals surface area contributed by atoms with Gasteiger partial charge in [0, 0.05) is 12.3 Å². The van der Waals surface area contributed by atoms with Gasteiger partial charge in [-0.05, 0) is 38.1 Å². The van der Waals surface area contributed by atoms with Crippen molar-refractivity contribution in [1.82, 2.24) is 9.78 Å². The fourth-order valence-corrected chi connectivity index (χ4v) is 3.14. The minimum atomic E-state index is -0.390. The van der Waals surface area contributed by atoms with E-state index >= 15 is 0 Å². The molecule has 2 heterocycles. The number of hydrogen-bond donors (Lipinski definition) is 0. The summed E-state index contributed by atoms with van der Waals surface area (Å²) in [4.78, 5) is 14.8. The van der Waals surface area contributed by atoms with Gasteiger partial charge in [0.2, 0.25) is 0 Å². The number of amides is 1. The van der Waals surface area contributed by atoms with E-state index in [2.05, 4.69) is 5.10 Å². The SMILES string of the molecule is Cc1nn(-c2ccccc2)cc1C(=O)N1CC(C)Oc2cc(F)ccc21. The van der Waals surface area contributed by atoms with Gasteiger partial charge in [-0.15, -0.1) is 0 Å². The maximum absolute atomic E-state index is 13.5. The Morgan fingerprint density at radius 2 is 2.00 bits per heavy atom.